The Labute approximate surface area is 199 Å². The number of benzene rings is 1. The van der Waals surface area contributed by atoms with Crippen molar-refractivity contribution in [3.8, 4) is 0 Å². The Balaban J connectivity index is 1.45. The van der Waals surface area contributed by atoms with Crippen LogP contribution in [0.2, 0.25) is 0 Å². The molecular weight excluding hydrogens is 430 g/mol. The van der Waals surface area contributed by atoms with Gasteiger partial charge in [-0.15, -0.1) is 0 Å². The predicted octanol–water partition coefficient (Wildman–Crippen LogP) is 3.79. The van der Waals surface area contributed by atoms with Crippen LogP contribution in [0.15, 0.2) is 36.7 Å². The summed E-state index contributed by atoms with van der Waals surface area (Å²) in [7, 11) is 3.38. The lowest BCUT2D eigenvalue weighted by atomic mass is 10.00. The molecule has 3 heterocycles. The first-order valence-corrected chi connectivity index (χ1v) is 11.7. The molecule has 180 valence electrons. The zero-order chi connectivity index (χ0) is 24.2. The molecule has 0 radical (unpaired) electrons. The molecule has 0 saturated carbocycles. The third-order valence-corrected chi connectivity index (χ3v) is 6.15. The lowest BCUT2D eigenvalue weighted by molar-refractivity contribution is 0.0342. The Kier molecular flexibility index (Phi) is 7.14. The highest BCUT2D eigenvalue weighted by molar-refractivity contribution is 5.92. The first-order valence-electron chi connectivity index (χ1n) is 11.7. The van der Waals surface area contributed by atoms with Crippen LogP contribution in [0.4, 0.5) is 16.2 Å². The molecule has 9 heteroatoms. The summed E-state index contributed by atoms with van der Waals surface area (Å²) in [6.45, 7) is 5.59. The Hall–Kier alpha value is -3.43. The summed E-state index contributed by atoms with van der Waals surface area (Å²) in [6, 6.07) is 7.10. The van der Waals surface area contributed by atoms with Crippen molar-refractivity contribution in [2.75, 3.05) is 37.8 Å². The van der Waals surface area contributed by atoms with Gasteiger partial charge in [-0.1, -0.05) is 25.5 Å². The molecule has 0 spiro atoms. The topological polar surface area (TPSA) is 109 Å². The lowest BCUT2D eigenvalue weighted by Gasteiger charge is -2.31. The smallest absolute Gasteiger partial charge is 0.321 e. The summed E-state index contributed by atoms with van der Waals surface area (Å²) in [5.74, 6) is 0. The highest BCUT2D eigenvalue weighted by Crippen LogP contribution is 2.31. The molecule has 9 nitrogen and oxygen atoms in total. The zero-order valence-corrected chi connectivity index (χ0v) is 20.2. The fourth-order valence-electron chi connectivity index (χ4n) is 4.25. The van der Waals surface area contributed by atoms with Gasteiger partial charge in [-0.3, -0.25) is 4.90 Å². The molecule has 34 heavy (non-hydrogen) atoms. The maximum absolute atomic E-state index is 11.9. The molecule has 2 amide bonds. The van der Waals surface area contributed by atoms with Crippen LogP contribution in [0.25, 0.3) is 16.6 Å². The maximum Gasteiger partial charge on any atom is 0.321 e. The number of rotatable bonds is 7. The van der Waals surface area contributed by atoms with E-state index in [1.54, 1.807) is 26.5 Å². The van der Waals surface area contributed by atoms with E-state index in [1.807, 2.05) is 23.1 Å². The van der Waals surface area contributed by atoms with Gasteiger partial charge in [-0.2, -0.15) is 0 Å². The molecule has 0 aliphatic carbocycles. The van der Waals surface area contributed by atoms with E-state index in [2.05, 4.69) is 45.5 Å². The Morgan fingerprint density at radius 2 is 2.09 bits per heavy atom. The van der Waals surface area contributed by atoms with Gasteiger partial charge in [0.15, 0.2) is 6.35 Å². The van der Waals surface area contributed by atoms with Gasteiger partial charge in [0.25, 0.3) is 0 Å². The summed E-state index contributed by atoms with van der Waals surface area (Å²) in [4.78, 5) is 27.8. The van der Waals surface area contributed by atoms with Gasteiger partial charge in [-0.05, 0) is 49.1 Å². The summed E-state index contributed by atoms with van der Waals surface area (Å²) in [6.07, 6.45) is 5.74. The van der Waals surface area contributed by atoms with Gasteiger partial charge < -0.3 is 25.6 Å². The van der Waals surface area contributed by atoms with Crippen molar-refractivity contribution >= 4 is 34.0 Å². The molecule has 1 atom stereocenters. The van der Waals surface area contributed by atoms with Crippen molar-refractivity contribution in [1.82, 2.24) is 24.8 Å². The van der Waals surface area contributed by atoms with E-state index >= 15 is 0 Å². The molecule has 1 unspecified atom stereocenters. The van der Waals surface area contributed by atoms with Crippen LogP contribution in [-0.2, 0) is 6.42 Å². The van der Waals surface area contributed by atoms with Crippen LogP contribution in [0.1, 0.15) is 36.7 Å². The number of aromatic nitrogens is 3. The van der Waals surface area contributed by atoms with Crippen molar-refractivity contribution in [1.29, 1.82) is 0 Å². The number of nitrogens with zero attached hydrogens (tertiary/aromatic N) is 4. The van der Waals surface area contributed by atoms with E-state index in [0.717, 1.165) is 41.7 Å². The van der Waals surface area contributed by atoms with Crippen LogP contribution >= 0.6 is 0 Å². The van der Waals surface area contributed by atoms with Crippen molar-refractivity contribution in [2.24, 2.45) is 0 Å². The number of H-pyrrole nitrogens is 1. The normalized spacial score (nSPS) is 15.1. The second kappa shape index (κ2) is 10.2. The van der Waals surface area contributed by atoms with Crippen LogP contribution in [0.3, 0.4) is 0 Å². The number of aliphatic hydroxyl groups is 1. The third kappa shape index (κ3) is 5.05. The average Bonchev–Trinajstić information content (AvgIpc) is 3.15. The molecular formula is C25H33N7O2. The number of fused-ring (bicyclic) bond motifs is 1. The molecule has 0 bridgehead atoms. The van der Waals surface area contributed by atoms with Gasteiger partial charge in [0.2, 0.25) is 0 Å². The second-order valence-electron chi connectivity index (χ2n) is 8.82. The van der Waals surface area contributed by atoms with Crippen molar-refractivity contribution in [3.63, 3.8) is 0 Å². The number of urea groups is 1. The van der Waals surface area contributed by atoms with Crippen LogP contribution < -0.4 is 10.6 Å². The number of aromatic amines is 1. The van der Waals surface area contributed by atoms with E-state index in [4.69, 9.17) is 0 Å². The van der Waals surface area contributed by atoms with E-state index < -0.39 is 6.35 Å². The number of hydrogen-bond donors (Lipinski definition) is 4. The van der Waals surface area contributed by atoms with Gasteiger partial charge in [0, 0.05) is 49.6 Å². The van der Waals surface area contributed by atoms with Crippen molar-refractivity contribution in [3.05, 3.63) is 53.6 Å². The largest absolute Gasteiger partial charge is 0.361 e. The fourth-order valence-corrected chi connectivity index (χ4v) is 4.25. The minimum atomic E-state index is -0.854. The molecule has 3 aromatic rings. The number of carbonyl (C=O) groups is 1. The lowest BCUT2D eigenvalue weighted by Crippen LogP contribution is -2.43. The van der Waals surface area contributed by atoms with Gasteiger partial charge >= 0.3 is 6.03 Å². The van der Waals surface area contributed by atoms with E-state index in [0.29, 0.717) is 18.8 Å². The monoisotopic (exact) mass is 463 g/mol. The third-order valence-electron chi connectivity index (χ3n) is 6.15. The first kappa shape index (κ1) is 23.7. The molecule has 1 aliphatic heterocycles. The van der Waals surface area contributed by atoms with Crippen LogP contribution in [0, 0.1) is 6.92 Å². The molecule has 0 fully saturated rings. The van der Waals surface area contributed by atoms with E-state index in [-0.39, 0.29) is 6.03 Å². The number of aliphatic hydroxyl groups excluding tert-OH is 1. The molecule has 4 rings (SSSR count). The van der Waals surface area contributed by atoms with Crippen molar-refractivity contribution in [2.45, 2.75) is 39.5 Å². The standard InChI is InChI=1S/C25H33N7O2/c1-5-7-20-16(2)21-22(26-15-27-23(21)30-20)17-10-12-32(13-11-17)25(34)29-19-9-6-8-18(14-19)28-24(33)31(3)4/h6,8-10,14-15,25,29,34H,5,7,11-13H2,1-4H3,(H,28,33)(H,26,27,30). The molecule has 4 N–H and O–H groups in total. The summed E-state index contributed by atoms with van der Waals surface area (Å²) in [5, 5.41) is 17.8. The Morgan fingerprint density at radius 3 is 2.79 bits per heavy atom. The summed E-state index contributed by atoms with van der Waals surface area (Å²) >= 11 is 0. The maximum atomic E-state index is 11.9. The highest BCUT2D eigenvalue weighted by atomic mass is 16.3. The Morgan fingerprint density at radius 1 is 1.29 bits per heavy atom. The minimum absolute atomic E-state index is 0.204. The number of hydrogen-bond acceptors (Lipinski definition) is 6. The average molecular weight is 464 g/mol. The molecule has 0 saturated heterocycles. The van der Waals surface area contributed by atoms with Crippen LogP contribution in [0.5, 0.6) is 0 Å². The van der Waals surface area contributed by atoms with Gasteiger partial charge in [0.1, 0.15) is 12.0 Å². The van der Waals surface area contributed by atoms with Crippen molar-refractivity contribution < 1.29 is 9.90 Å². The SMILES string of the molecule is CCCc1[nH]c2ncnc(C3=CCN(C(O)Nc4cccc(NC(=O)N(C)C)c4)CC3)c2c1C. The summed E-state index contributed by atoms with van der Waals surface area (Å²) < 4.78 is 0. The fraction of sp³-hybridized carbons (Fsp3) is 0.400. The number of carbonyl (C=O) groups excluding carboxylic acids is 1. The quantitative estimate of drug-likeness (QED) is 0.397. The highest BCUT2D eigenvalue weighted by Gasteiger charge is 2.22. The molecule has 1 aromatic carbocycles. The van der Waals surface area contributed by atoms with E-state index in [1.165, 1.54) is 21.7 Å². The number of aryl methyl sites for hydroxylation is 2. The number of nitrogens with one attached hydrogen (secondary N) is 3. The van der Waals surface area contributed by atoms with E-state index in [9.17, 15) is 9.90 Å². The predicted molar refractivity (Wildman–Crippen MR) is 136 cm³/mol. The summed E-state index contributed by atoms with van der Waals surface area (Å²) in [5.41, 5.74) is 6.87. The Bertz CT molecular complexity index is 1200. The second-order valence-corrected chi connectivity index (χ2v) is 8.82. The number of amides is 2. The van der Waals surface area contributed by atoms with Gasteiger partial charge in [0.05, 0.1) is 5.69 Å². The van der Waals surface area contributed by atoms with Crippen LogP contribution in [-0.4, -0.2) is 69.4 Å². The number of anilines is 2. The molecule has 1 aliphatic rings. The zero-order valence-electron chi connectivity index (χ0n) is 20.2. The van der Waals surface area contributed by atoms with Gasteiger partial charge in [-0.25, -0.2) is 14.8 Å². The minimum Gasteiger partial charge on any atom is -0.361 e. The first-order chi connectivity index (χ1) is 16.4. The molecule has 2 aromatic heterocycles.